The molecule has 0 unspecified atom stereocenters. The van der Waals surface area contributed by atoms with Gasteiger partial charge < -0.3 is 20.1 Å². The fourth-order valence-corrected chi connectivity index (χ4v) is 3.02. The number of aromatic nitrogens is 2. The molecule has 1 aliphatic rings. The van der Waals surface area contributed by atoms with Gasteiger partial charge in [-0.25, -0.2) is 9.48 Å². The zero-order chi connectivity index (χ0) is 21.3. The first-order chi connectivity index (χ1) is 14.3. The molecule has 7 nitrogen and oxygen atoms in total. The Kier molecular flexibility index (Phi) is 5.17. The van der Waals surface area contributed by atoms with Crippen molar-refractivity contribution in [1.29, 1.82) is 0 Å². The van der Waals surface area contributed by atoms with E-state index in [2.05, 4.69) is 15.7 Å². The van der Waals surface area contributed by atoms with Crippen LogP contribution in [0.2, 0.25) is 5.02 Å². The fourth-order valence-electron chi connectivity index (χ4n) is 2.89. The van der Waals surface area contributed by atoms with Gasteiger partial charge in [-0.1, -0.05) is 17.7 Å². The number of anilines is 1. The van der Waals surface area contributed by atoms with Gasteiger partial charge in [-0.15, -0.1) is 0 Å². The minimum Gasteiger partial charge on any atom is -0.454 e. The number of carbonyl (C=O) groups is 1. The van der Waals surface area contributed by atoms with E-state index in [0.717, 1.165) is 6.20 Å². The van der Waals surface area contributed by atoms with Gasteiger partial charge in [0.2, 0.25) is 6.79 Å². The molecule has 2 amide bonds. The summed E-state index contributed by atoms with van der Waals surface area (Å²) in [7, 11) is 0. The normalized spacial score (nSPS) is 12.7. The third-order valence-electron chi connectivity index (χ3n) is 4.25. The molecule has 0 spiro atoms. The van der Waals surface area contributed by atoms with Gasteiger partial charge in [-0.3, -0.25) is 0 Å². The van der Waals surface area contributed by atoms with Crippen LogP contribution in [0.15, 0.2) is 48.7 Å². The van der Waals surface area contributed by atoms with Crippen LogP contribution in [0, 0.1) is 0 Å². The number of carbonyl (C=O) groups excluding carboxylic acids is 1. The van der Waals surface area contributed by atoms with Gasteiger partial charge in [-0.05, 0) is 42.0 Å². The summed E-state index contributed by atoms with van der Waals surface area (Å²) < 4.78 is 52.1. The summed E-state index contributed by atoms with van der Waals surface area (Å²) >= 11 is 5.79. The summed E-state index contributed by atoms with van der Waals surface area (Å²) in [5.41, 5.74) is -0.730. The van der Waals surface area contributed by atoms with Gasteiger partial charge in [0.25, 0.3) is 0 Å². The molecular weight excluding hydrogens is 425 g/mol. The third kappa shape index (κ3) is 4.13. The van der Waals surface area contributed by atoms with E-state index in [9.17, 15) is 18.0 Å². The lowest BCUT2D eigenvalue weighted by Crippen LogP contribution is -2.29. The number of benzene rings is 2. The van der Waals surface area contributed by atoms with Crippen molar-refractivity contribution in [3.05, 3.63) is 64.9 Å². The van der Waals surface area contributed by atoms with Gasteiger partial charge in [0.15, 0.2) is 17.2 Å². The smallest absolute Gasteiger partial charge is 0.435 e. The van der Waals surface area contributed by atoms with Crippen LogP contribution in [0.1, 0.15) is 11.3 Å². The Hall–Kier alpha value is -3.40. The van der Waals surface area contributed by atoms with Crippen LogP contribution in [0.25, 0.3) is 5.69 Å². The molecule has 2 aromatic carbocycles. The van der Waals surface area contributed by atoms with Crippen LogP contribution >= 0.6 is 11.6 Å². The van der Waals surface area contributed by atoms with Gasteiger partial charge in [0, 0.05) is 11.6 Å². The molecule has 1 aromatic heterocycles. The number of rotatable bonds is 4. The number of nitrogens with one attached hydrogen (secondary N) is 2. The van der Waals surface area contributed by atoms with E-state index in [1.165, 1.54) is 24.3 Å². The number of fused-ring (bicyclic) bond motifs is 1. The average molecular weight is 439 g/mol. The summed E-state index contributed by atoms with van der Waals surface area (Å²) in [5.74, 6) is 1.13. The van der Waals surface area contributed by atoms with Gasteiger partial charge in [0.05, 0.1) is 17.6 Å². The minimum absolute atomic E-state index is 0.0785. The Morgan fingerprint density at radius 3 is 2.60 bits per heavy atom. The molecule has 2 N–H and O–H groups in total. The van der Waals surface area contributed by atoms with Crippen LogP contribution in [0.4, 0.5) is 23.7 Å². The number of hydrogen-bond donors (Lipinski definition) is 2. The van der Waals surface area contributed by atoms with Gasteiger partial charge in [-0.2, -0.15) is 18.3 Å². The van der Waals surface area contributed by atoms with Crippen molar-refractivity contribution in [3.63, 3.8) is 0 Å². The third-order valence-corrected chi connectivity index (χ3v) is 4.50. The highest BCUT2D eigenvalue weighted by Gasteiger charge is 2.39. The van der Waals surface area contributed by atoms with Gasteiger partial charge >= 0.3 is 12.2 Å². The van der Waals surface area contributed by atoms with Crippen LogP contribution in [0.3, 0.4) is 0 Å². The SMILES string of the molecule is O=C(NCc1ccc2c(c1)OCO2)Nc1cnn(-c2ccc(Cl)cc2)c1C(F)(F)F. The Morgan fingerprint density at radius 2 is 1.87 bits per heavy atom. The Labute approximate surface area is 173 Å². The molecule has 0 aliphatic carbocycles. The lowest BCUT2D eigenvalue weighted by Gasteiger charge is -2.13. The lowest BCUT2D eigenvalue weighted by atomic mass is 10.2. The monoisotopic (exact) mass is 438 g/mol. The van der Waals surface area contributed by atoms with Crippen LogP contribution in [-0.2, 0) is 12.7 Å². The Balaban J connectivity index is 1.49. The zero-order valence-electron chi connectivity index (χ0n) is 15.2. The van der Waals surface area contributed by atoms with Crippen LogP contribution in [-0.4, -0.2) is 22.6 Å². The van der Waals surface area contributed by atoms with E-state index < -0.39 is 23.6 Å². The molecule has 0 saturated heterocycles. The first-order valence-electron chi connectivity index (χ1n) is 8.66. The molecular formula is C19H14ClF3N4O3. The largest absolute Gasteiger partial charge is 0.454 e. The first-order valence-corrected chi connectivity index (χ1v) is 9.03. The first kappa shape index (κ1) is 19.9. The van der Waals surface area contributed by atoms with Crippen LogP contribution < -0.4 is 20.1 Å². The van der Waals surface area contributed by atoms with Crippen molar-refractivity contribution >= 4 is 23.3 Å². The van der Waals surface area contributed by atoms with E-state index in [1.807, 2.05) is 0 Å². The van der Waals surface area contributed by atoms with E-state index in [0.29, 0.717) is 26.8 Å². The standard InChI is InChI=1S/C19H14ClF3N4O3/c20-12-2-4-13(5-3-12)27-17(19(21,22)23)14(9-25-27)26-18(28)24-8-11-1-6-15-16(7-11)30-10-29-15/h1-7,9H,8,10H2,(H2,24,26,28). The number of halogens is 4. The van der Waals surface area contributed by atoms with E-state index in [1.54, 1.807) is 18.2 Å². The van der Waals surface area contributed by atoms with E-state index in [-0.39, 0.29) is 19.0 Å². The summed E-state index contributed by atoms with van der Waals surface area (Å²) in [5, 5.41) is 8.86. The second kappa shape index (κ2) is 7.79. The molecule has 0 saturated carbocycles. The summed E-state index contributed by atoms with van der Waals surface area (Å²) in [6, 6.07) is 9.97. The van der Waals surface area contributed by atoms with Crippen molar-refractivity contribution < 1.29 is 27.4 Å². The minimum atomic E-state index is -4.75. The number of ether oxygens (including phenoxy) is 2. The molecule has 4 rings (SSSR count). The van der Waals surface area contributed by atoms with Crippen molar-refractivity contribution in [2.24, 2.45) is 0 Å². The molecule has 11 heteroatoms. The van der Waals surface area contributed by atoms with E-state index in [4.69, 9.17) is 21.1 Å². The molecule has 1 aliphatic heterocycles. The fraction of sp³-hybridized carbons (Fsp3) is 0.158. The maximum Gasteiger partial charge on any atom is 0.435 e. The molecule has 2 heterocycles. The van der Waals surface area contributed by atoms with Gasteiger partial charge in [0.1, 0.15) is 0 Å². The van der Waals surface area contributed by atoms with Crippen molar-refractivity contribution in [3.8, 4) is 17.2 Å². The predicted molar refractivity (Wildman–Crippen MR) is 102 cm³/mol. The maximum absolute atomic E-state index is 13.7. The zero-order valence-corrected chi connectivity index (χ0v) is 15.9. The molecule has 0 fully saturated rings. The molecule has 0 bridgehead atoms. The Bertz CT molecular complexity index is 1080. The summed E-state index contributed by atoms with van der Waals surface area (Å²) in [6.07, 6.45) is -3.81. The van der Waals surface area contributed by atoms with Crippen molar-refractivity contribution in [1.82, 2.24) is 15.1 Å². The molecule has 3 aromatic rings. The number of urea groups is 1. The Morgan fingerprint density at radius 1 is 1.13 bits per heavy atom. The number of alkyl halides is 3. The second-order valence-corrected chi connectivity index (χ2v) is 6.72. The molecule has 0 atom stereocenters. The van der Waals surface area contributed by atoms with Crippen molar-refractivity contribution in [2.45, 2.75) is 12.7 Å². The highest BCUT2D eigenvalue weighted by Crippen LogP contribution is 2.36. The van der Waals surface area contributed by atoms with E-state index >= 15 is 0 Å². The molecule has 0 radical (unpaired) electrons. The number of hydrogen-bond acceptors (Lipinski definition) is 4. The highest BCUT2D eigenvalue weighted by atomic mass is 35.5. The second-order valence-electron chi connectivity index (χ2n) is 6.29. The topological polar surface area (TPSA) is 77.4 Å². The predicted octanol–water partition coefficient (Wildman–Crippen LogP) is 4.59. The maximum atomic E-state index is 13.7. The quantitative estimate of drug-likeness (QED) is 0.624. The summed E-state index contributed by atoms with van der Waals surface area (Å²) in [6.45, 7) is 0.194. The lowest BCUT2D eigenvalue weighted by molar-refractivity contribution is -0.142. The number of amides is 2. The average Bonchev–Trinajstić information content (AvgIpc) is 3.33. The number of nitrogens with zero attached hydrogens (tertiary/aromatic N) is 2. The summed E-state index contributed by atoms with van der Waals surface area (Å²) in [4.78, 5) is 12.2. The highest BCUT2D eigenvalue weighted by molar-refractivity contribution is 6.30. The van der Waals surface area contributed by atoms with Crippen molar-refractivity contribution in [2.75, 3.05) is 12.1 Å². The molecule has 30 heavy (non-hydrogen) atoms. The van der Waals surface area contributed by atoms with Crippen LogP contribution in [0.5, 0.6) is 11.5 Å². The molecule has 156 valence electrons.